The molecule has 1 aliphatic rings. The molecule has 1 saturated heterocycles. The summed E-state index contributed by atoms with van der Waals surface area (Å²) < 4.78 is 4.73. The topological polar surface area (TPSA) is 66.8 Å². The van der Waals surface area contributed by atoms with E-state index in [9.17, 15) is 14.7 Å². The fraction of sp³-hybridized carbons (Fsp3) is 0.448. The highest BCUT2D eigenvalue weighted by Gasteiger charge is 2.29. The second-order valence-corrected chi connectivity index (χ2v) is 9.22. The van der Waals surface area contributed by atoms with Crippen LogP contribution in [0.1, 0.15) is 60.5 Å². The van der Waals surface area contributed by atoms with Crippen LogP contribution in [0, 0.1) is 5.92 Å². The van der Waals surface area contributed by atoms with Crippen molar-refractivity contribution >= 4 is 11.9 Å². The second kappa shape index (κ2) is 13.1. The summed E-state index contributed by atoms with van der Waals surface area (Å²) in [4.78, 5) is 25.9. The van der Waals surface area contributed by atoms with E-state index in [1.165, 1.54) is 12.7 Å². The molecular weight excluding hydrogens is 426 g/mol. The average molecular weight is 464 g/mol. The number of hydrogen-bond acceptors (Lipinski definition) is 4. The summed E-state index contributed by atoms with van der Waals surface area (Å²) in [5.41, 5.74) is 2.95. The van der Waals surface area contributed by atoms with Gasteiger partial charge in [-0.3, -0.25) is 4.79 Å². The van der Waals surface area contributed by atoms with E-state index < -0.39 is 6.10 Å². The van der Waals surface area contributed by atoms with Gasteiger partial charge in [-0.1, -0.05) is 68.0 Å². The summed E-state index contributed by atoms with van der Waals surface area (Å²) >= 11 is 0. The molecule has 0 saturated carbocycles. The van der Waals surface area contributed by atoms with Crippen LogP contribution in [0.15, 0.2) is 66.7 Å². The molecule has 2 aromatic rings. The third kappa shape index (κ3) is 7.56. The zero-order valence-electron chi connectivity index (χ0n) is 20.4. The molecule has 182 valence electrons. The van der Waals surface area contributed by atoms with E-state index in [1.807, 2.05) is 35.3 Å². The van der Waals surface area contributed by atoms with E-state index >= 15 is 0 Å². The Kier molecular flexibility index (Phi) is 9.89. The molecule has 0 aliphatic carbocycles. The SMILES string of the molecule is COC(=O)c1ccc(CCN2C(=O)CCC2C=C[C@@H](O)[C@@H](C)CCCCc2ccccc2)cc1. The van der Waals surface area contributed by atoms with Crippen LogP contribution < -0.4 is 0 Å². The van der Waals surface area contributed by atoms with Crippen LogP contribution in [0.25, 0.3) is 0 Å². The highest BCUT2D eigenvalue weighted by Crippen LogP contribution is 2.22. The summed E-state index contributed by atoms with van der Waals surface area (Å²) in [5, 5.41) is 10.6. The molecule has 2 aromatic carbocycles. The standard InChI is InChI=1S/C29H37NO4/c1-22(8-6-7-11-23-9-4-3-5-10-23)27(31)18-16-26-17-19-28(32)30(26)21-20-24-12-14-25(15-13-24)29(33)34-2/h3-5,9-10,12-16,18,22,26-27,31H,6-8,11,17,19-21H2,1-2H3/t22-,26?,27+/m0/s1. The number of aryl methyl sites for hydroxylation is 1. The molecule has 1 heterocycles. The van der Waals surface area contributed by atoms with Gasteiger partial charge in [-0.2, -0.15) is 0 Å². The molecule has 1 N–H and O–H groups in total. The molecule has 0 radical (unpaired) electrons. The Hall–Kier alpha value is -2.92. The lowest BCUT2D eigenvalue weighted by atomic mass is 9.95. The maximum absolute atomic E-state index is 12.4. The number of aliphatic hydroxyl groups excluding tert-OH is 1. The van der Waals surface area contributed by atoms with Gasteiger partial charge in [0.2, 0.25) is 5.91 Å². The number of methoxy groups -OCH3 is 1. The van der Waals surface area contributed by atoms with Crippen molar-refractivity contribution in [1.82, 2.24) is 4.90 Å². The zero-order valence-corrected chi connectivity index (χ0v) is 20.4. The Labute approximate surface area is 203 Å². The van der Waals surface area contributed by atoms with Gasteiger partial charge in [0.25, 0.3) is 0 Å². The van der Waals surface area contributed by atoms with Gasteiger partial charge in [0.1, 0.15) is 0 Å². The van der Waals surface area contributed by atoms with Crippen LogP contribution in [0.2, 0.25) is 0 Å². The first-order valence-electron chi connectivity index (χ1n) is 12.3. The summed E-state index contributed by atoms with van der Waals surface area (Å²) in [5.74, 6) is -0.00867. The van der Waals surface area contributed by atoms with Crippen molar-refractivity contribution in [3.8, 4) is 0 Å². The highest BCUT2D eigenvalue weighted by atomic mass is 16.5. The van der Waals surface area contributed by atoms with E-state index in [1.54, 1.807) is 12.1 Å². The number of unbranched alkanes of at least 4 members (excludes halogenated alkanes) is 1. The van der Waals surface area contributed by atoms with Crippen molar-refractivity contribution in [3.63, 3.8) is 0 Å². The van der Waals surface area contributed by atoms with E-state index in [0.29, 0.717) is 18.5 Å². The number of hydrogen-bond donors (Lipinski definition) is 1. The first kappa shape index (κ1) is 25.7. The summed E-state index contributed by atoms with van der Waals surface area (Å²) in [6.45, 7) is 2.71. The molecule has 3 rings (SSSR count). The molecule has 1 amide bonds. The number of benzene rings is 2. The first-order valence-corrected chi connectivity index (χ1v) is 12.3. The van der Waals surface area contributed by atoms with Crippen LogP contribution in [0.5, 0.6) is 0 Å². The third-order valence-electron chi connectivity index (χ3n) is 6.72. The number of amides is 1. The van der Waals surface area contributed by atoms with Crippen LogP contribution >= 0.6 is 0 Å². The largest absolute Gasteiger partial charge is 0.465 e. The first-order chi connectivity index (χ1) is 16.5. The second-order valence-electron chi connectivity index (χ2n) is 9.22. The van der Waals surface area contributed by atoms with Crippen LogP contribution in [-0.4, -0.2) is 47.7 Å². The van der Waals surface area contributed by atoms with Crippen molar-refractivity contribution in [3.05, 3.63) is 83.4 Å². The highest BCUT2D eigenvalue weighted by molar-refractivity contribution is 5.89. The molecule has 34 heavy (non-hydrogen) atoms. The molecular formula is C29H37NO4. The number of nitrogens with zero attached hydrogens (tertiary/aromatic N) is 1. The van der Waals surface area contributed by atoms with Gasteiger partial charge < -0.3 is 14.7 Å². The van der Waals surface area contributed by atoms with E-state index in [-0.39, 0.29) is 23.8 Å². The Bertz CT molecular complexity index is 938. The molecule has 1 unspecified atom stereocenters. The Morgan fingerprint density at radius 1 is 1.09 bits per heavy atom. The van der Waals surface area contributed by atoms with Crippen molar-refractivity contribution in [2.45, 2.75) is 64.0 Å². The van der Waals surface area contributed by atoms with Crippen molar-refractivity contribution in [1.29, 1.82) is 0 Å². The monoisotopic (exact) mass is 463 g/mol. The summed E-state index contributed by atoms with van der Waals surface area (Å²) in [7, 11) is 1.37. The van der Waals surface area contributed by atoms with Gasteiger partial charge in [-0.05, 0) is 61.3 Å². The number of carbonyl (C=O) groups is 2. The number of esters is 1. The molecule has 0 bridgehead atoms. The van der Waals surface area contributed by atoms with Crippen LogP contribution in [-0.2, 0) is 22.4 Å². The van der Waals surface area contributed by atoms with Gasteiger partial charge >= 0.3 is 5.97 Å². The maximum atomic E-state index is 12.4. The third-order valence-corrected chi connectivity index (χ3v) is 6.72. The van der Waals surface area contributed by atoms with Crippen molar-refractivity contribution < 1.29 is 19.4 Å². The van der Waals surface area contributed by atoms with Gasteiger partial charge in [-0.25, -0.2) is 4.79 Å². The molecule has 3 atom stereocenters. The number of rotatable bonds is 12. The lowest BCUT2D eigenvalue weighted by molar-refractivity contribution is -0.128. The van der Waals surface area contributed by atoms with Gasteiger partial charge in [0, 0.05) is 13.0 Å². The van der Waals surface area contributed by atoms with Gasteiger partial charge in [0.15, 0.2) is 0 Å². The van der Waals surface area contributed by atoms with Crippen LogP contribution in [0.4, 0.5) is 0 Å². The lowest BCUT2D eigenvalue weighted by Crippen LogP contribution is -2.34. The van der Waals surface area contributed by atoms with Gasteiger partial charge in [-0.15, -0.1) is 0 Å². The molecule has 5 heteroatoms. The minimum absolute atomic E-state index is 0.0294. The number of likely N-dealkylation sites (tertiary alicyclic amines) is 1. The molecule has 1 aliphatic heterocycles. The van der Waals surface area contributed by atoms with Gasteiger partial charge in [0.05, 0.1) is 24.8 Å². The predicted molar refractivity (Wildman–Crippen MR) is 135 cm³/mol. The summed E-state index contributed by atoms with van der Waals surface area (Å²) in [6.07, 6.45) is 9.70. The average Bonchev–Trinajstić information content (AvgIpc) is 3.23. The quantitative estimate of drug-likeness (QED) is 0.274. The summed E-state index contributed by atoms with van der Waals surface area (Å²) in [6, 6.07) is 17.8. The minimum atomic E-state index is -0.500. The zero-order chi connectivity index (χ0) is 24.3. The Balaban J connectivity index is 1.44. The maximum Gasteiger partial charge on any atom is 0.337 e. The minimum Gasteiger partial charge on any atom is -0.465 e. The molecule has 1 fully saturated rings. The van der Waals surface area contributed by atoms with Crippen LogP contribution in [0.3, 0.4) is 0 Å². The number of aliphatic hydroxyl groups is 1. The normalized spacial score (nSPS) is 17.8. The van der Waals surface area contributed by atoms with Crippen molar-refractivity contribution in [2.24, 2.45) is 5.92 Å². The molecule has 0 aromatic heterocycles. The van der Waals surface area contributed by atoms with E-state index in [2.05, 4.69) is 31.2 Å². The van der Waals surface area contributed by atoms with E-state index in [4.69, 9.17) is 4.74 Å². The molecule has 5 nitrogen and oxygen atoms in total. The molecule has 0 spiro atoms. The van der Waals surface area contributed by atoms with E-state index in [0.717, 1.165) is 44.1 Å². The Morgan fingerprint density at radius 2 is 1.79 bits per heavy atom. The fourth-order valence-electron chi connectivity index (χ4n) is 4.46. The predicted octanol–water partition coefficient (Wildman–Crippen LogP) is 4.97. The lowest BCUT2D eigenvalue weighted by Gasteiger charge is -2.23. The van der Waals surface area contributed by atoms with Crippen molar-refractivity contribution in [2.75, 3.05) is 13.7 Å². The number of carbonyl (C=O) groups excluding carboxylic acids is 2. The number of ether oxygens (including phenoxy) is 1. The smallest absolute Gasteiger partial charge is 0.337 e. The fourth-order valence-corrected chi connectivity index (χ4v) is 4.46. The Morgan fingerprint density at radius 3 is 2.50 bits per heavy atom.